The van der Waals surface area contributed by atoms with Crippen LogP contribution in [0.3, 0.4) is 0 Å². The zero-order valence-electron chi connectivity index (χ0n) is 34.6. The number of piperazine rings is 1. The van der Waals surface area contributed by atoms with Crippen molar-refractivity contribution in [3.8, 4) is 0 Å². The summed E-state index contributed by atoms with van der Waals surface area (Å²) in [7, 11) is 0. The van der Waals surface area contributed by atoms with E-state index in [9.17, 15) is 14.4 Å². The zero-order valence-corrected chi connectivity index (χ0v) is 34.6. The van der Waals surface area contributed by atoms with Gasteiger partial charge >= 0.3 is 0 Å². The van der Waals surface area contributed by atoms with Crippen LogP contribution in [0.5, 0.6) is 0 Å². The highest BCUT2D eigenvalue weighted by molar-refractivity contribution is 6.01. The number of anilines is 5. The number of nitrogens with zero attached hydrogens (tertiary/aromatic N) is 6. The predicted octanol–water partition coefficient (Wildman–Crippen LogP) is 6.27. The normalized spacial score (nSPS) is 21.4. The number of hydrogen-bond acceptors (Lipinski definition) is 11. The minimum Gasteiger partial charge on any atom is -0.369 e. The Hall–Kier alpha value is -5.66. The molecule has 5 heterocycles. The van der Waals surface area contributed by atoms with Crippen LogP contribution in [-0.4, -0.2) is 94.8 Å². The second-order valence-corrected chi connectivity index (χ2v) is 17.6. The largest absolute Gasteiger partial charge is 0.369 e. The van der Waals surface area contributed by atoms with Gasteiger partial charge in [0.25, 0.3) is 5.91 Å². The number of likely N-dealkylation sites (tertiary alicyclic amines) is 1. The van der Waals surface area contributed by atoms with Gasteiger partial charge in [-0.25, -0.2) is 9.97 Å². The molecular formula is C47H56N10O3. The number of hydrogen-bond donors (Lipinski definition) is 4. The number of aromatic nitrogens is 3. The summed E-state index contributed by atoms with van der Waals surface area (Å²) in [6.07, 6.45) is 10.1. The number of carbonyl (C=O) groups excluding carboxylic acids is 3. The molecule has 2 unspecified atom stereocenters. The average Bonchev–Trinajstić information content (AvgIpc) is 3.65. The van der Waals surface area contributed by atoms with Crippen LogP contribution < -0.4 is 26.2 Å². The Morgan fingerprint density at radius 3 is 2.43 bits per heavy atom. The van der Waals surface area contributed by atoms with Crippen molar-refractivity contribution >= 4 is 46.7 Å². The lowest BCUT2D eigenvalue weighted by atomic mass is 9.57. The van der Waals surface area contributed by atoms with Crippen LogP contribution in [0.25, 0.3) is 0 Å². The van der Waals surface area contributed by atoms with E-state index < -0.39 is 0 Å². The number of fused-ring (bicyclic) bond motifs is 1. The molecule has 13 nitrogen and oxygen atoms in total. The highest BCUT2D eigenvalue weighted by Crippen LogP contribution is 2.52. The lowest BCUT2D eigenvalue weighted by molar-refractivity contribution is -0.134. The SMILES string of the molecule is C=CCNC(=O)c1cnc(Nc2ccc(N3CCN(CC4CC5(C4)CN(Cc4ccc(C6CCC(=O)NC6=O)cc4)C5)CC3)cc2)nc1Nc1ccc2c(n1)C(CC)CC2. The van der Waals surface area contributed by atoms with Gasteiger partial charge in [-0.15, -0.1) is 6.58 Å². The van der Waals surface area contributed by atoms with Gasteiger partial charge in [0.15, 0.2) is 0 Å². The molecular weight excluding hydrogens is 753 g/mol. The average molecular weight is 809 g/mol. The highest BCUT2D eigenvalue weighted by atomic mass is 16.2. The van der Waals surface area contributed by atoms with E-state index in [1.165, 1.54) is 49.3 Å². The van der Waals surface area contributed by atoms with Crippen LogP contribution >= 0.6 is 0 Å². The maximum atomic E-state index is 13.1. The van der Waals surface area contributed by atoms with Gasteiger partial charge in [0, 0.05) is 94.5 Å². The molecule has 312 valence electrons. The van der Waals surface area contributed by atoms with E-state index >= 15 is 0 Å². The van der Waals surface area contributed by atoms with Crippen molar-refractivity contribution < 1.29 is 14.4 Å². The number of benzene rings is 2. The molecule has 4 aromatic rings. The molecule has 5 aliphatic rings. The molecule has 2 aromatic heterocycles. The maximum Gasteiger partial charge on any atom is 0.256 e. The number of aryl methyl sites for hydroxylation is 1. The monoisotopic (exact) mass is 808 g/mol. The fourth-order valence-corrected chi connectivity index (χ4v) is 10.2. The topological polar surface area (TPSA) is 148 Å². The number of pyridine rings is 1. The van der Waals surface area contributed by atoms with Gasteiger partial charge in [0.2, 0.25) is 17.8 Å². The van der Waals surface area contributed by atoms with Crippen molar-refractivity contribution in [1.82, 2.24) is 35.4 Å². The number of nitrogens with one attached hydrogen (secondary N) is 4. The fraction of sp³-hybridized carbons (Fsp3) is 0.447. The molecule has 3 amide bonds. The molecule has 4 fully saturated rings. The van der Waals surface area contributed by atoms with Crippen LogP contribution in [0.1, 0.15) is 90.0 Å². The molecule has 2 atom stereocenters. The van der Waals surface area contributed by atoms with Gasteiger partial charge in [-0.1, -0.05) is 43.3 Å². The number of amides is 3. The van der Waals surface area contributed by atoms with Crippen LogP contribution in [0, 0.1) is 11.3 Å². The third-order valence-electron chi connectivity index (χ3n) is 13.3. The first-order valence-corrected chi connectivity index (χ1v) is 21.8. The third kappa shape index (κ3) is 8.64. The van der Waals surface area contributed by atoms with Gasteiger partial charge in [-0.3, -0.25) is 29.5 Å². The van der Waals surface area contributed by atoms with Gasteiger partial charge in [-0.2, -0.15) is 4.98 Å². The van der Waals surface area contributed by atoms with E-state index in [1.54, 1.807) is 12.3 Å². The number of piperidine rings is 1. The van der Waals surface area contributed by atoms with Crippen molar-refractivity contribution in [1.29, 1.82) is 0 Å². The van der Waals surface area contributed by atoms with Crippen molar-refractivity contribution in [3.63, 3.8) is 0 Å². The van der Waals surface area contributed by atoms with E-state index in [0.29, 0.717) is 53.9 Å². The van der Waals surface area contributed by atoms with Crippen LogP contribution in [0.15, 0.2) is 79.5 Å². The minimum absolute atomic E-state index is 0.170. The Morgan fingerprint density at radius 1 is 0.917 bits per heavy atom. The first-order valence-electron chi connectivity index (χ1n) is 21.8. The number of rotatable bonds is 14. The Morgan fingerprint density at radius 2 is 1.70 bits per heavy atom. The Labute approximate surface area is 352 Å². The van der Waals surface area contributed by atoms with E-state index in [2.05, 4.69) is 109 Å². The second-order valence-electron chi connectivity index (χ2n) is 17.6. The van der Waals surface area contributed by atoms with Crippen LogP contribution in [0.4, 0.5) is 29.0 Å². The van der Waals surface area contributed by atoms with Gasteiger partial charge < -0.3 is 20.9 Å². The maximum absolute atomic E-state index is 13.1. The number of carbonyl (C=O) groups is 3. The molecule has 0 radical (unpaired) electrons. The minimum atomic E-state index is -0.284. The molecule has 4 N–H and O–H groups in total. The van der Waals surface area contributed by atoms with Crippen LogP contribution in [0.2, 0.25) is 0 Å². The van der Waals surface area contributed by atoms with Crippen molar-refractivity contribution in [3.05, 3.63) is 107 Å². The summed E-state index contributed by atoms with van der Waals surface area (Å²) < 4.78 is 0. The highest BCUT2D eigenvalue weighted by Gasteiger charge is 2.52. The molecule has 9 rings (SSSR count). The summed E-state index contributed by atoms with van der Waals surface area (Å²) in [5.41, 5.74) is 7.61. The Bertz CT molecular complexity index is 2220. The summed E-state index contributed by atoms with van der Waals surface area (Å²) in [6, 6.07) is 20.9. The molecule has 1 saturated carbocycles. The summed E-state index contributed by atoms with van der Waals surface area (Å²) in [4.78, 5) is 58.7. The molecule has 60 heavy (non-hydrogen) atoms. The van der Waals surface area contributed by atoms with Crippen molar-refractivity contribution in [2.24, 2.45) is 11.3 Å². The third-order valence-corrected chi connectivity index (χ3v) is 13.3. The Balaban J connectivity index is 0.729. The second kappa shape index (κ2) is 17.1. The molecule has 0 bridgehead atoms. The predicted molar refractivity (Wildman–Crippen MR) is 234 cm³/mol. The first-order chi connectivity index (χ1) is 29.2. The first kappa shape index (κ1) is 39.8. The molecule has 13 heteroatoms. The molecule has 1 spiro atoms. The Kier molecular flexibility index (Phi) is 11.4. The van der Waals surface area contributed by atoms with Gasteiger partial charge in [0.05, 0.1) is 5.92 Å². The summed E-state index contributed by atoms with van der Waals surface area (Å²) in [6.45, 7) is 14.9. The number of imide groups is 1. The van der Waals surface area contributed by atoms with E-state index in [0.717, 1.165) is 74.8 Å². The molecule has 3 aliphatic heterocycles. The zero-order chi connectivity index (χ0) is 41.2. The summed E-state index contributed by atoms with van der Waals surface area (Å²) in [5, 5.41) is 12.0. The van der Waals surface area contributed by atoms with Crippen LogP contribution in [-0.2, 0) is 22.6 Å². The van der Waals surface area contributed by atoms with Crippen molar-refractivity contribution in [2.45, 2.75) is 70.3 Å². The quantitative estimate of drug-likeness (QED) is 0.0845. The van der Waals surface area contributed by atoms with E-state index in [-0.39, 0.29) is 23.6 Å². The summed E-state index contributed by atoms with van der Waals surface area (Å²) in [5.74, 6) is 1.82. The molecule has 3 saturated heterocycles. The lowest BCUT2D eigenvalue weighted by Gasteiger charge is -2.60. The smallest absolute Gasteiger partial charge is 0.256 e. The van der Waals surface area contributed by atoms with E-state index in [4.69, 9.17) is 9.97 Å². The molecule has 2 aliphatic carbocycles. The van der Waals surface area contributed by atoms with E-state index in [1.807, 2.05) is 6.07 Å². The standard InChI is InChI=1S/C47H56N10O3/c1-3-19-48-44(59)39-26-49-46(54-43(39)52-40-17-11-35-10-9-33(4-2)42(35)51-40)50-36-12-14-37(15-13-36)57-22-20-55(21-23-57)28-32-24-47(25-32)29-56(30-47)27-31-5-7-34(8-6-31)38-16-18-41(58)53-45(38)60/h3,5-8,11-15,17,26,32-33,38H,1,4,9-10,16,18-25,27-30H2,2H3,(H,48,59)(H,53,58,60)(H2,49,50,51,52,54). The lowest BCUT2D eigenvalue weighted by Crippen LogP contribution is -2.63. The van der Waals surface area contributed by atoms with Crippen molar-refractivity contribution in [2.75, 3.05) is 67.9 Å². The van der Waals surface area contributed by atoms with Gasteiger partial charge in [-0.05, 0) is 96.9 Å². The fourth-order valence-electron chi connectivity index (χ4n) is 10.2. The van der Waals surface area contributed by atoms with Gasteiger partial charge in [0.1, 0.15) is 17.2 Å². The summed E-state index contributed by atoms with van der Waals surface area (Å²) >= 11 is 0. The molecule has 2 aromatic carbocycles.